The Morgan fingerprint density at radius 1 is 1.15 bits per heavy atom. The smallest absolute Gasteiger partial charge is 0.242 e. The van der Waals surface area contributed by atoms with E-state index < -0.39 is 10.0 Å². The Morgan fingerprint density at radius 3 is 2.40 bits per heavy atom. The maximum atomic E-state index is 13.5. The Labute approximate surface area is 243 Å². The number of nitrogens with one attached hydrogen (secondary N) is 2. The monoisotopic (exact) mass is 599 g/mol. The van der Waals surface area contributed by atoms with Crippen LogP contribution < -0.4 is 15.5 Å². The van der Waals surface area contributed by atoms with Crippen LogP contribution in [0.5, 0.6) is 0 Å². The van der Waals surface area contributed by atoms with Crippen LogP contribution in [0.4, 0.5) is 5.69 Å². The maximum absolute atomic E-state index is 13.5. The first-order chi connectivity index (χ1) is 18.3. The van der Waals surface area contributed by atoms with Gasteiger partial charge in [-0.2, -0.15) is 4.98 Å². The summed E-state index contributed by atoms with van der Waals surface area (Å²) >= 11 is 0. The standard InChI is InChI=1S/C26H41N7O5S.ClH/c1-18(2)27-11-12-28-24(34)16-32(23-15-21(8-7-19(23)3)26-29-20(4)38-30-26)17-25(35)31(5)22-9-13-33(14-10-22)39(6,36)37;/h7-8,15,18,22,27H,9-14,16-17H2,1-6H3,(H,28,34);1H. The first-order valence-electron chi connectivity index (χ1n) is 13.2. The summed E-state index contributed by atoms with van der Waals surface area (Å²) in [7, 11) is -1.51. The van der Waals surface area contributed by atoms with Crippen molar-refractivity contribution in [3.63, 3.8) is 0 Å². The van der Waals surface area contributed by atoms with E-state index in [1.807, 2.05) is 39.0 Å². The molecule has 0 saturated carbocycles. The second-order valence-corrected chi connectivity index (χ2v) is 12.3. The number of benzene rings is 1. The molecule has 1 fully saturated rings. The zero-order valence-electron chi connectivity index (χ0n) is 24.1. The van der Waals surface area contributed by atoms with Gasteiger partial charge in [-0.3, -0.25) is 9.59 Å². The van der Waals surface area contributed by atoms with E-state index in [-0.39, 0.29) is 43.4 Å². The van der Waals surface area contributed by atoms with Gasteiger partial charge in [-0.25, -0.2) is 12.7 Å². The van der Waals surface area contributed by atoms with E-state index in [1.54, 1.807) is 23.8 Å². The molecule has 0 atom stereocenters. The average Bonchev–Trinajstić information content (AvgIpc) is 3.31. The van der Waals surface area contributed by atoms with Crippen molar-refractivity contribution in [3.8, 4) is 11.4 Å². The molecular weight excluding hydrogens is 558 g/mol. The van der Waals surface area contributed by atoms with Crippen molar-refractivity contribution in [2.24, 2.45) is 0 Å². The summed E-state index contributed by atoms with van der Waals surface area (Å²) in [6.45, 7) is 9.56. The highest BCUT2D eigenvalue weighted by Gasteiger charge is 2.30. The minimum absolute atomic E-state index is 0. The van der Waals surface area contributed by atoms with E-state index >= 15 is 0 Å². The van der Waals surface area contributed by atoms with Gasteiger partial charge in [-0.05, 0) is 31.4 Å². The predicted octanol–water partition coefficient (Wildman–Crippen LogP) is 1.58. The van der Waals surface area contributed by atoms with Crippen LogP contribution in [0.2, 0.25) is 0 Å². The topological polar surface area (TPSA) is 141 Å². The van der Waals surface area contributed by atoms with Crippen molar-refractivity contribution in [1.29, 1.82) is 0 Å². The number of rotatable bonds is 12. The zero-order valence-corrected chi connectivity index (χ0v) is 25.8. The highest BCUT2D eigenvalue weighted by molar-refractivity contribution is 7.88. The van der Waals surface area contributed by atoms with Crippen LogP contribution in [0, 0.1) is 13.8 Å². The molecule has 2 N–H and O–H groups in total. The highest BCUT2D eigenvalue weighted by Crippen LogP contribution is 2.27. The number of hydrogen-bond acceptors (Lipinski definition) is 9. The van der Waals surface area contributed by atoms with E-state index in [4.69, 9.17) is 4.52 Å². The summed E-state index contributed by atoms with van der Waals surface area (Å²) < 4.78 is 30.3. The Balaban J connectivity index is 0.00000560. The molecular formula is C26H42ClN7O5S. The molecule has 0 bridgehead atoms. The Kier molecular flexibility index (Phi) is 12.4. The van der Waals surface area contributed by atoms with Gasteiger partial charge in [0.05, 0.1) is 19.3 Å². The molecule has 1 aromatic carbocycles. The summed E-state index contributed by atoms with van der Waals surface area (Å²) in [5, 5.41) is 10.2. The summed E-state index contributed by atoms with van der Waals surface area (Å²) in [4.78, 5) is 34.1. The minimum Gasteiger partial charge on any atom is -0.353 e. The minimum atomic E-state index is -3.25. The quantitative estimate of drug-likeness (QED) is 0.348. The van der Waals surface area contributed by atoms with Crippen molar-refractivity contribution in [2.45, 2.75) is 52.6 Å². The van der Waals surface area contributed by atoms with Crippen LogP contribution in [0.1, 0.15) is 38.1 Å². The third-order valence-electron chi connectivity index (χ3n) is 6.83. The van der Waals surface area contributed by atoms with Crippen molar-refractivity contribution >= 4 is 39.9 Å². The third-order valence-corrected chi connectivity index (χ3v) is 8.13. The van der Waals surface area contributed by atoms with Crippen LogP contribution in [0.25, 0.3) is 11.4 Å². The fourth-order valence-corrected chi connectivity index (χ4v) is 5.44. The second-order valence-electron chi connectivity index (χ2n) is 10.4. The van der Waals surface area contributed by atoms with Gasteiger partial charge in [-0.1, -0.05) is 31.1 Å². The molecule has 1 aromatic heterocycles. The van der Waals surface area contributed by atoms with Gasteiger partial charge in [0.2, 0.25) is 33.6 Å². The molecule has 40 heavy (non-hydrogen) atoms. The van der Waals surface area contributed by atoms with Crippen LogP contribution in [0.15, 0.2) is 22.7 Å². The Bertz CT molecular complexity index is 1250. The molecule has 0 spiro atoms. The van der Waals surface area contributed by atoms with Crippen LogP contribution in [0.3, 0.4) is 0 Å². The van der Waals surface area contributed by atoms with Gasteiger partial charge in [0, 0.05) is 63.5 Å². The van der Waals surface area contributed by atoms with Gasteiger partial charge in [0.15, 0.2) is 0 Å². The van der Waals surface area contributed by atoms with Crippen molar-refractivity contribution in [1.82, 2.24) is 30.0 Å². The average molecular weight is 600 g/mol. The summed E-state index contributed by atoms with van der Waals surface area (Å²) in [5.74, 6) is 0.524. The second kappa shape index (κ2) is 14.8. The first kappa shape index (κ1) is 33.5. The highest BCUT2D eigenvalue weighted by atomic mass is 35.5. The number of amides is 2. The zero-order chi connectivity index (χ0) is 28.7. The van der Waals surface area contributed by atoms with Gasteiger partial charge in [0.1, 0.15) is 0 Å². The molecule has 12 nitrogen and oxygen atoms in total. The molecule has 0 unspecified atom stereocenters. The first-order valence-corrected chi connectivity index (χ1v) is 15.1. The number of carbonyl (C=O) groups is 2. The summed E-state index contributed by atoms with van der Waals surface area (Å²) in [6, 6.07) is 5.88. The van der Waals surface area contributed by atoms with Crippen molar-refractivity contribution in [2.75, 3.05) is 57.5 Å². The fourth-order valence-electron chi connectivity index (χ4n) is 4.56. The van der Waals surface area contributed by atoms with Crippen LogP contribution in [-0.2, 0) is 19.6 Å². The third kappa shape index (κ3) is 9.43. The number of sulfonamides is 1. The van der Waals surface area contributed by atoms with E-state index in [2.05, 4.69) is 20.8 Å². The van der Waals surface area contributed by atoms with E-state index in [0.717, 1.165) is 11.3 Å². The van der Waals surface area contributed by atoms with E-state index in [1.165, 1.54) is 10.6 Å². The number of likely N-dealkylation sites (N-methyl/N-ethyl adjacent to an activating group) is 1. The fraction of sp³-hybridized carbons (Fsp3) is 0.615. The predicted molar refractivity (Wildman–Crippen MR) is 157 cm³/mol. The van der Waals surface area contributed by atoms with Gasteiger partial charge >= 0.3 is 0 Å². The lowest BCUT2D eigenvalue weighted by Gasteiger charge is -2.37. The Morgan fingerprint density at radius 2 is 1.82 bits per heavy atom. The van der Waals surface area contributed by atoms with E-state index in [0.29, 0.717) is 62.3 Å². The molecule has 3 rings (SSSR count). The van der Waals surface area contributed by atoms with Gasteiger partial charge in [-0.15, -0.1) is 12.4 Å². The molecule has 2 amide bonds. The number of anilines is 1. The molecule has 1 aliphatic heterocycles. The van der Waals surface area contributed by atoms with E-state index in [9.17, 15) is 18.0 Å². The van der Waals surface area contributed by atoms with Gasteiger partial charge in [0.25, 0.3) is 0 Å². The normalized spacial score (nSPS) is 14.6. The number of carbonyl (C=O) groups excluding carboxylic acids is 2. The van der Waals surface area contributed by atoms with Crippen LogP contribution >= 0.6 is 12.4 Å². The SMILES string of the molecule is Cc1nc(-c2ccc(C)c(N(CC(=O)NCCNC(C)C)CC(=O)N(C)C3CCN(S(C)(=O)=O)CC3)c2)no1.Cl. The molecule has 2 aromatic rings. The number of aromatic nitrogens is 2. The van der Waals surface area contributed by atoms with Crippen molar-refractivity contribution < 1.29 is 22.5 Å². The van der Waals surface area contributed by atoms with Crippen molar-refractivity contribution in [3.05, 3.63) is 29.7 Å². The summed E-state index contributed by atoms with van der Waals surface area (Å²) in [6.07, 6.45) is 2.32. The molecule has 1 aliphatic rings. The molecule has 0 radical (unpaired) electrons. The molecule has 14 heteroatoms. The largest absolute Gasteiger partial charge is 0.353 e. The molecule has 2 heterocycles. The lowest BCUT2D eigenvalue weighted by Crippen LogP contribution is -2.50. The molecule has 0 aliphatic carbocycles. The lowest BCUT2D eigenvalue weighted by molar-refractivity contribution is -0.131. The lowest BCUT2D eigenvalue weighted by atomic mass is 10.0. The molecule has 224 valence electrons. The number of nitrogens with zero attached hydrogens (tertiary/aromatic N) is 5. The summed E-state index contributed by atoms with van der Waals surface area (Å²) in [5.41, 5.74) is 2.33. The van der Waals surface area contributed by atoms with Crippen LogP contribution in [-0.4, -0.2) is 104 Å². The maximum Gasteiger partial charge on any atom is 0.242 e. The Hall–Kier alpha value is -2.74. The number of hydrogen-bond donors (Lipinski definition) is 2. The number of piperidine rings is 1. The van der Waals surface area contributed by atoms with Gasteiger partial charge < -0.3 is 25.0 Å². The number of aryl methyl sites for hydroxylation is 2. The number of halogens is 1. The molecule has 1 saturated heterocycles.